The van der Waals surface area contributed by atoms with E-state index in [4.69, 9.17) is 4.43 Å². The highest BCUT2D eigenvalue weighted by atomic mass is 28.4. The molecule has 0 spiro atoms. The number of nitrogens with zero attached hydrogens (tertiary/aromatic N) is 1. The Morgan fingerprint density at radius 3 is 2.41 bits per heavy atom. The third kappa shape index (κ3) is 3.81. The topological polar surface area (TPSA) is 29.5 Å². The second-order valence-electron chi connectivity index (χ2n) is 6.76. The maximum absolute atomic E-state index is 11.6. The maximum atomic E-state index is 11.6. The van der Waals surface area contributed by atoms with Crippen LogP contribution in [-0.2, 0) is 9.22 Å². The standard InChI is InChI=1S/C13H27NO2Si/c1-11-9-12(15)14(10-11)7-8-16-17(5,6)13(2,3)4/h11H,7-10H2,1-6H3. The summed E-state index contributed by atoms with van der Waals surface area (Å²) in [5.74, 6) is 0.798. The molecule has 0 aliphatic carbocycles. The second kappa shape index (κ2) is 5.10. The van der Waals surface area contributed by atoms with E-state index < -0.39 is 8.32 Å². The minimum absolute atomic E-state index is 0.245. The molecule has 1 atom stereocenters. The van der Waals surface area contributed by atoms with Crippen molar-refractivity contribution in [2.24, 2.45) is 5.92 Å². The summed E-state index contributed by atoms with van der Waals surface area (Å²) in [4.78, 5) is 13.6. The van der Waals surface area contributed by atoms with Crippen LogP contribution in [0.3, 0.4) is 0 Å². The van der Waals surface area contributed by atoms with Gasteiger partial charge in [-0.2, -0.15) is 0 Å². The molecule has 0 aromatic carbocycles. The van der Waals surface area contributed by atoms with Crippen LogP contribution in [0.2, 0.25) is 18.1 Å². The SMILES string of the molecule is CC1CC(=O)N(CCO[Si](C)(C)C(C)(C)C)C1. The molecular formula is C13H27NO2Si. The Hall–Kier alpha value is -0.353. The third-order valence-corrected chi connectivity index (χ3v) is 8.58. The molecule has 1 fully saturated rings. The number of amides is 1. The highest BCUT2D eigenvalue weighted by Crippen LogP contribution is 2.36. The van der Waals surface area contributed by atoms with E-state index in [2.05, 4.69) is 40.8 Å². The molecule has 1 saturated heterocycles. The summed E-state index contributed by atoms with van der Waals surface area (Å²) in [7, 11) is -1.65. The van der Waals surface area contributed by atoms with Gasteiger partial charge in [0.25, 0.3) is 0 Å². The predicted octanol–water partition coefficient (Wildman–Crippen LogP) is 2.88. The van der Waals surface area contributed by atoms with Gasteiger partial charge in [-0.3, -0.25) is 4.79 Å². The lowest BCUT2D eigenvalue weighted by Crippen LogP contribution is -2.43. The highest BCUT2D eigenvalue weighted by Gasteiger charge is 2.37. The van der Waals surface area contributed by atoms with Crippen LogP contribution in [-0.4, -0.2) is 38.8 Å². The second-order valence-corrected chi connectivity index (χ2v) is 11.6. The number of hydrogen-bond donors (Lipinski definition) is 0. The minimum atomic E-state index is -1.65. The Bertz CT molecular complexity index is 284. The molecule has 1 aliphatic heterocycles. The molecule has 0 saturated carbocycles. The first kappa shape index (κ1) is 14.7. The molecule has 1 heterocycles. The smallest absolute Gasteiger partial charge is 0.222 e. The lowest BCUT2D eigenvalue weighted by Gasteiger charge is -2.36. The molecule has 0 aromatic rings. The molecule has 100 valence electrons. The summed E-state index contributed by atoms with van der Waals surface area (Å²) >= 11 is 0. The normalized spacial score (nSPS) is 22.4. The van der Waals surface area contributed by atoms with Crippen LogP contribution in [0.15, 0.2) is 0 Å². The van der Waals surface area contributed by atoms with Crippen LogP contribution in [0, 0.1) is 5.92 Å². The lowest BCUT2D eigenvalue weighted by molar-refractivity contribution is -0.128. The van der Waals surface area contributed by atoms with Crippen LogP contribution in [0.5, 0.6) is 0 Å². The fourth-order valence-corrected chi connectivity index (χ4v) is 2.85. The Morgan fingerprint density at radius 1 is 1.41 bits per heavy atom. The zero-order valence-electron chi connectivity index (χ0n) is 12.2. The van der Waals surface area contributed by atoms with Gasteiger partial charge < -0.3 is 9.33 Å². The predicted molar refractivity (Wildman–Crippen MR) is 73.5 cm³/mol. The molecule has 3 nitrogen and oxygen atoms in total. The van der Waals surface area contributed by atoms with E-state index in [9.17, 15) is 4.79 Å². The number of hydrogen-bond acceptors (Lipinski definition) is 2. The molecule has 0 N–H and O–H groups in total. The summed E-state index contributed by atoms with van der Waals surface area (Å²) in [6.07, 6.45) is 0.708. The number of carbonyl (C=O) groups excluding carboxylic acids is 1. The van der Waals surface area contributed by atoms with E-state index >= 15 is 0 Å². The largest absolute Gasteiger partial charge is 0.415 e. The molecule has 17 heavy (non-hydrogen) atoms. The van der Waals surface area contributed by atoms with Gasteiger partial charge in [-0.25, -0.2) is 0 Å². The lowest BCUT2D eigenvalue weighted by atomic mass is 10.2. The van der Waals surface area contributed by atoms with Crippen LogP contribution < -0.4 is 0 Å². The Balaban J connectivity index is 2.36. The van der Waals surface area contributed by atoms with Gasteiger partial charge in [0.1, 0.15) is 0 Å². The van der Waals surface area contributed by atoms with Gasteiger partial charge in [-0.05, 0) is 24.1 Å². The molecule has 4 heteroatoms. The van der Waals surface area contributed by atoms with Crippen LogP contribution in [0.4, 0.5) is 0 Å². The van der Waals surface area contributed by atoms with Crippen molar-refractivity contribution in [3.05, 3.63) is 0 Å². The van der Waals surface area contributed by atoms with E-state index in [0.717, 1.165) is 13.1 Å². The van der Waals surface area contributed by atoms with Gasteiger partial charge in [0, 0.05) is 19.5 Å². The molecule has 1 rings (SSSR count). The summed E-state index contributed by atoms with van der Waals surface area (Å²) in [5.41, 5.74) is 0. The molecule has 0 radical (unpaired) electrons. The monoisotopic (exact) mass is 257 g/mol. The van der Waals surface area contributed by atoms with Crippen molar-refractivity contribution < 1.29 is 9.22 Å². The summed E-state index contributed by atoms with van der Waals surface area (Å²) in [5, 5.41) is 0.245. The molecule has 1 aliphatic rings. The fraction of sp³-hybridized carbons (Fsp3) is 0.923. The Labute approximate surface area is 107 Å². The van der Waals surface area contributed by atoms with Crippen LogP contribution in [0.25, 0.3) is 0 Å². The first-order chi connectivity index (χ1) is 7.63. The Morgan fingerprint density at radius 2 is 2.00 bits per heavy atom. The summed E-state index contributed by atoms with van der Waals surface area (Å²) in [6, 6.07) is 0. The average molecular weight is 257 g/mol. The quantitative estimate of drug-likeness (QED) is 0.725. The van der Waals surface area contributed by atoms with Crippen LogP contribution in [0.1, 0.15) is 34.1 Å². The minimum Gasteiger partial charge on any atom is -0.415 e. The fourth-order valence-electron chi connectivity index (χ4n) is 1.81. The van der Waals surface area contributed by atoms with E-state index in [-0.39, 0.29) is 10.9 Å². The van der Waals surface area contributed by atoms with Gasteiger partial charge in [-0.15, -0.1) is 0 Å². The van der Waals surface area contributed by atoms with E-state index in [1.54, 1.807) is 0 Å². The van der Waals surface area contributed by atoms with Gasteiger partial charge >= 0.3 is 0 Å². The zero-order valence-corrected chi connectivity index (χ0v) is 13.2. The first-order valence-corrected chi connectivity index (χ1v) is 9.46. The Kier molecular flexibility index (Phi) is 4.41. The summed E-state index contributed by atoms with van der Waals surface area (Å²) in [6.45, 7) is 15.7. The van der Waals surface area contributed by atoms with Crippen molar-refractivity contribution in [1.29, 1.82) is 0 Å². The summed E-state index contributed by atoms with van der Waals surface area (Å²) < 4.78 is 6.08. The first-order valence-electron chi connectivity index (χ1n) is 6.55. The van der Waals surface area contributed by atoms with E-state index in [1.165, 1.54) is 0 Å². The van der Waals surface area contributed by atoms with Crippen molar-refractivity contribution in [2.75, 3.05) is 19.7 Å². The van der Waals surface area contributed by atoms with Crippen molar-refractivity contribution in [2.45, 2.75) is 52.2 Å². The van der Waals surface area contributed by atoms with Crippen molar-refractivity contribution in [3.8, 4) is 0 Å². The van der Waals surface area contributed by atoms with E-state index in [1.807, 2.05) is 4.90 Å². The average Bonchev–Trinajstić information content (AvgIpc) is 2.43. The molecule has 0 bridgehead atoms. The molecule has 0 aromatic heterocycles. The highest BCUT2D eigenvalue weighted by molar-refractivity contribution is 6.74. The maximum Gasteiger partial charge on any atom is 0.222 e. The molecular weight excluding hydrogens is 230 g/mol. The molecule has 1 unspecified atom stereocenters. The number of likely N-dealkylation sites (tertiary alicyclic amines) is 1. The van der Waals surface area contributed by atoms with Gasteiger partial charge in [0.05, 0.1) is 6.61 Å². The van der Waals surface area contributed by atoms with E-state index in [0.29, 0.717) is 18.9 Å². The van der Waals surface area contributed by atoms with Crippen LogP contribution >= 0.6 is 0 Å². The van der Waals surface area contributed by atoms with Crippen molar-refractivity contribution >= 4 is 14.2 Å². The van der Waals surface area contributed by atoms with Crippen molar-refractivity contribution in [1.82, 2.24) is 4.90 Å². The third-order valence-electron chi connectivity index (χ3n) is 4.04. The van der Waals surface area contributed by atoms with Gasteiger partial charge in [0.2, 0.25) is 5.91 Å². The number of rotatable bonds is 4. The van der Waals surface area contributed by atoms with Gasteiger partial charge in [0.15, 0.2) is 8.32 Å². The number of carbonyl (C=O) groups is 1. The van der Waals surface area contributed by atoms with Crippen molar-refractivity contribution in [3.63, 3.8) is 0 Å². The molecule has 1 amide bonds. The zero-order chi connectivity index (χ0) is 13.3. The van der Waals surface area contributed by atoms with Gasteiger partial charge in [-0.1, -0.05) is 27.7 Å².